The van der Waals surface area contributed by atoms with Gasteiger partial charge in [0.2, 0.25) is 10.0 Å². The lowest BCUT2D eigenvalue weighted by atomic mass is 9.99. The Kier molecular flexibility index (Phi) is 6.02. The van der Waals surface area contributed by atoms with Crippen LogP contribution in [0.15, 0.2) is 76.4 Å². The maximum atomic E-state index is 13.7. The molecule has 1 aliphatic rings. The third kappa shape index (κ3) is 4.41. The fourth-order valence-corrected chi connectivity index (χ4v) is 6.89. The molecule has 11 heteroatoms. The summed E-state index contributed by atoms with van der Waals surface area (Å²) in [5, 5.41) is 10.3. The smallest absolute Gasteiger partial charge is 0.281 e. The lowest BCUT2D eigenvalue weighted by molar-refractivity contribution is 0.309. The van der Waals surface area contributed by atoms with Crippen molar-refractivity contribution in [1.82, 2.24) is 29.3 Å². The first-order valence-electron chi connectivity index (χ1n) is 12.0. The molecule has 9 nitrogen and oxygen atoms in total. The number of aromatic amines is 1. The van der Waals surface area contributed by atoms with Crippen molar-refractivity contribution in [1.29, 1.82) is 0 Å². The number of piperidine rings is 1. The lowest BCUT2D eigenvalue weighted by Gasteiger charge is -2.31. The number of halogens is 1. The molecule has 37 heavy (non-hydrogen) atoms. The molecule has 5 aromatic rings. The van der Waals surface area contributed by atoms with E-state index in [0.29, 0.717) is 47.8 Å². The van der Waals surface area contributed by atoms with Gasteiger partial charge in [0.1, 0.15) is 5.82 Å². The molecule has 6 rings (SSSR count). The van der Waals surface area contributed by atoms with Crippen molar-refractivity contribution in [3.8, 4) is 0 Å². The molecule has 2 aromatic heterocycles. The third-order valence-electron chi connectivity index (χ3n) is 6.75. The molecular formula is C26H23ClN6O3S. The second-order valence-electron chi connectivity index (χ2n) is 9.18. The molecule has 0 radical (unpaired) electrons. The first kappa shape index (κ1) is 23.8. The van der Waals surface area contributed by atoms with Gasteiger partial charge in [0, 0.05) is 29.4 Å². The summed E-state index contributed by atoms with van der Waals surface area (Å²) in [6.45, 7) is 0.970. The van der Waals surface area contributed by atoms with Gasteiger partial charge in [0.25, 0.3) is 5.56 Å². The van der Waals surface area contributed by atoms with Crippen molar-refractivity contribution in [2.45, 2.75) is 30.2 Å². The maximum Gasteiger partial charge on any atom is 0.281 e. The van der Waals surface area contributed by atoms with E-state index in [1.807, 2.05) is 48.5 Å². The summed E-state index contributed by atoms with van der Waals surface area (Å²) in [4.78, 5) is 20.7. The molecule has 0 amide bonds. The Balaban J connectivity index is 1.33. The van der Waals surface area contributed by atoms with Crippen LogP contribution < -0.4 is 5.56 Å². The molecule has 0 aliphatic carbocycles. The van der Waals surface area contributed by atoms with E-state index in [2.05, 4.69) is 15.3 Å². The van der Waals surface area contributed by atoms with Crippen molar-refractivity contribution < 1.29 is 8.42 Å². The predicted molar refractivity (Wildman–Crippen MR) is 141 cm³/mol. The normalized spacial score (nSPS) is 16.9. The van der Waals surface area contributed by atoms with Crippen molar-refractivity contribution in [2.75, 3.05) is 13.1 Å². The van der Waals surface area contributed by atoms with Crippen molar-refractivity contribution >= 4 is 43.6 Å². The first-order valence-corrected chi connectivity index (χ1v) is 13.8. The molecule has 3 aromatic carbocycles. The number of H-pyrrole nitrogens is 1. The Hall–Kier alpha value is -3.60. The fraction of sp³-hybridized carbons (Fsp3) is 0.231. The first-order chi connectivity index (χ1) is 17.9. The Morgan fingerprint density at radius 3 is 2.73 bits per heavy atom. The van der Waals surface area contributed by atoms with Gasteiger partial charge in [-0.05, 0) is 42.0 Å². The van der Waals surface area contributed by atoms with Gasteiger partial charge in [-0.3, -0.25) is 4.79 Å². The summed E-state index contributed by atoms with van der Waals surface area (Å²) in [5.41, 5.74) is 0.994. The minimum Gasteiger partial charge on any atom is -0.308 e. The van der Waals surface area contributed by atoms with E-state index in [4.69, 9.17) is 16.6 Å². The molecule has 0 spiro atoms. The van der Waals surface area contributed by atoms with E-state index in [1.54, 1.807) is 22.9 Å². The second kappa shape index (κ2) is 9.37. The highest BCUT2D eigenvalue weighted by atomic mass is 35.5. The number of benzene rings is 3. The summed E-state index contributed by atoms with van der Waals surface area (Å²) >= 11 is 6.11. The molecule has 1 aliphatic heterocycles. The average Bonchev–Trinajstić information content (AvgIpc) is 3.31. The standard InChI is InChI=1S/C26H23ClN6O3S/c27-20-10-3-6-17(14-20)15-33-25-23(30-31-33)26(34)29-24(28-25)19-9-5-13-32(16-19)37(35,36)22-12-4-8-18-7-1-2-11-21(18)22/h1-4,6-8,10-12,14,19H,5,9,13,15-16H2,(H,28,29,34)/t19-/m0/s1. The van der Waals surface area contributed by atoms with Gasteiger partial charge < -0.3 is 4.98 Å². The van der Waals surface area contributed by atoms with Crippen LogP contribution in [0.4, 0.5) is 0 Å². The lowest BCUT2D eigenvalue weighted by Crippen LogP contribution is -2.40. The zero-order valence-corrected chi connectivity index (χ0v) is 21.3. The van der Waals surface area contributed by atoms with Crippen LogP contribution in [0.1, 0.15) is 30.1 Å². The monoisotopic (exact) mass is 534 g/mol. The Morgan fingerprint density at radius 1 is 1.05 bits per heavy atom. The number of nitrogens with one attached hydrogen (secondary N) is 1. The van der Waals surface area contributed by atoms with Crippen LogP contribution in [0.2, 0.25) is 5.02 Å². The number of sulfonamides is 1. The van der Waals surface area contributed by atoms with Gasteiger partial charge in [-0.25, -0.2) is 18.1 Å². The molecule has 3 heterocycles. The summed E-state index contributed by atoms with van der Waals surface area (Å²) < 4.78 is 30.5. The summed E-state index contributed by atoms with van der Waals surface area (Å²) in [5.74, 6) is 0.162. The highest BCUT2D eigenvalue weighted by Crippen LogP contribution is 2.31. The summed E-state index contributed by atoms with van der Waals surface area (Å²) in [6, 6.07) is 20.1. The van der Waals surface area contributed by atoms with E-state index in [-0.39, 0.29) is 22.9 Å². The van der Waals surface area contributed by atoms with Gasteiger partial charge in [-0.15, -0.1) is 5.10 Å². The van der Waals surface area contributed by atoms with E-state index in [1.165, 1.54) is 4.31 Å². The SMILES string of the molecule is O=c1[nH]c([C@H]2CCCN(S(=O)(=O)c3cccc4ccccc34)C2)nc2c1nnn2Cc1cccc(Cl)c1. The van der Waals surface area contributed by atoms with E-state index in [0.717, 1.165) is 10.9 Å². The molecule has 0 saturated carbocycles. The summed E-state index contributed by atoms with van der Waals surface area (Å²) in [7, 11) is -3.75. The fourth-order valence-electron chi connectivity index (χ4n) is 4.93. The Bertz CT molecular complexity index is 1790. The summed E-state index contributed by atoms with van der Waals surface area (Å²) in [6.07, 6.45) is 1.35. The Labute approximate surface area is 217 Å². The van der Waals surface area contributed by atoms with Crippen LogP contribution in [0, 0.1) is 0 Å². The van der Waals surface area contributed by atoms with Gasteiger partial charge >= 0.3 is 0 Å². The molecule has 0 unspecified atom stereocenters. The quantitative estimate of drug-likeness (QED) is 0.365. The topological polar surface area (TPSA) is 114 Å². The molecule has 0 bridgehead atoms. The molecule has 1 fully saturated rings. The maximum absolute atomic E-state index is 13.7. The number of rotatable bonds is 5. The third-order valence-corrected chi connectivity index (χ3v) is 8.91. The van der Waals surface area contributed by atoms with Crippen LogP contribution in [-0.2, 0) is 16.6 Å². The predicted octanol–water partition coefficient (Wildman–Crippen LogP) is 3.94. The van der Waals surface area contributed by atoms with Gasteiger partial charge in [0.05, 0.1) is 11.4 Å². The minimum atomic E-state index is -3.75. The zero-order valence-electron chi connectivity index (χ0n) is 19.7. The average molecular weight is 535 g/mol. The number of hydrogen-bond donors (Lipinski definition) is 1. The highest BCUT2D eigenvalue weighted by molar-refractivity contribution is 7.89. The van der Waals surface area contributed by atoms with Crippen molar-refractivity contribution in [2.24, 2.45) is 0 Å². The molecule has 1 N–H and O–H groups in total. The van der Waals surface area contributed by atoms with Crippen molar-refractivity contribution in [3.63, 3.8) is 0 Å². The number of fused-ring (bicyclic) bond motifs is 2. The number of hydrogen-bond acceptors (Lipinski definition) is 6. The van der Waals surface area contributed by atoms with E-state index < -0.39 is 15.6 Å². The van der Waals surface area contributed by atoms with Crippen LogP contribution in [0.5, 0.6) is 0 Å². The molecule has 1 saturated heterocycles. The van der Waals surface area contributed by atoms with Crippen LogP contribution in [0.3, 0.4) is 0 Å². The second-order valence-corrected chi connectivity index (χ2v) is 11.5. The largest absolute Gasteiger partial charge is 0.308 e. The van der Waals surface area contributed by atoms with Gasteiger partial charge in [0.15, 0.2) is 11.2 Å². The van der Waals surface area contributed by atoms with Crippen LogP contribution in [-0.4, -0.2) is 50.8 Å². The van der Waals surface area contributed by atoms with E-state index in [9.17, 15) is 13.2 Å². The number of aromatic nitrogens is 5. The zero-order chi connectivity index (χ0) is 25.6. The Morgan fingerprint density at radius 2 is 1.86 bits per heavy atom. The highest BCUT2D eigenvalue weighted by Gasteiger charge is 2.33. The van der Waals surface area contributed by atoms with Gasteiger partial charge in [-0.1, -0.05) is 65.3 Å². The van der Waals surface area contributed by atoms with Gasteiger partial charge in [-0.2, -0.15) is 4.31 Å². The molecular weight excluding hydrogens is 512 g/mol. The molecule has 1 atom stereocenters. The number of nitrogens with zero attached hydrogens (tertiary/aromatic N) is 5. The molecule has 188 valence electrons. The minimum absolute atomic E-state index is 0.141. The van der Waals surface area contributed by atoms with Crippen molar-refractivity contribution in [3.05, 3.63) is 93.5 Å². The van der Waals surface area contributed by atoms with Crippen LogP contribution in [0.25, 0.3) is 21.9 Å². The van der Waals surface area contributed by atoms with Crippen LogP contribution >= 0.6 is 11.6 Å². The van der Waals surface area contributed by atoms with E-state index >= 15 is 0 Å².